The number of aromatic nitrogens is 1. The van der Waals surface area contributed by atoms with Crippen LogP contribution in [0, 0.1) is 0 Å². The number of nitrogens with zero attached hydrogens (tertiary/aromatic N) is 2. The molecule has 0 radical (unpaired) electrons. The molecule has 0 unspecified atom stereocenters. The fourth-order valence-electron chi connectivity index (χ4n) is 2.12. The summed E-state index contributed by atoms with van der Waals surface area (Å²) >= 11 is 0. The molecule has 15 heavy (non-hydrogen) atoms. The maximum Gasteiger partial charge on any atom is 0.0876 e. The fourth-order valence-corrected chi connectivity index (χ4v) is 2.12. The summed E-state index contributed by atoms with van der Waals surface area (Å²) in [4.78, 5) is 2.47. The number of rotatable bonds is 2. The van der Waals surface area contributed by atoms with E-state index in [1.165, 1.54) is 5.69 Å². The maximum absolute atomic E-state index is 5.52. The normalized spacial score (nSPS) is 22.8. The number of fused-ring (bicyclic) bond motifs is 1. The van der Waals surface area contributed by atoms with Gasteiger partial charge in [0.25, 0.3) is 0 Å². The number of methoxy groups -OCH3 is 1. The summed E-state index contributed by atoms with van der Waals surface area (Å²) in [5.41, 5.74) is 1.39. The Labute approximate surface area is 91.6 Å². The molecule has 0 saturated carbocycles. The van der Waals surface area contributed by atoms with Crippen molar-refractivity contribution in [3.63, 3.8) is 0 Å². The standard InChI is InChI=1S/C12H20N2O/c1-10(2)14-7-11-5-4-6-13(11)8-12(9-14)15-3/h4-6,10,12H,7-9H2,1-3H3/t12-/m1/s1. The van der Waals surface area contributed by atoms with Crippen molar-refractivity contribution in [1.29, 1.82) is 0 Å². The van der Waals surface area contributed by atoms with Gasteiger partial charge in [0.15, 0.2) is 0 Å². The zero-order valence-electron chi connectivity index (χ0n) is 9.81. The smallest absolute Gasteiger partial charge is 0.0876 e. The summed E-state index contributed by atoms with van der Waals surface area (Å²) in [6.45, 7) is 7.51. The number of ether oxygens (including phenoxy) is 1. The molecule has 84 valence electrons. The molecule has 0 amide bonds. The van der Waals surface area contributed by atoms with Crippen molar-refractivity contribution < 1.29 is 4.74 Å². The third-order valence-electron chi connectivity index (χ3n) is 3.19. The van der Waals surface area contributed by atoms with E-state index in [0.717, 1.165) is 19.6 Å². The van der Waals surface area contributed by atoms with Crippen LogP contribution in [0.25, 0.3) is 0 Å². The van der Waals surface area contributed by atoms with E-state index < -0.39 is 0 Å². The summed E-state index contributed by atoms with van der Waals surface area (Å²) in [5.74, 6) is 0. The lowest BCUT2D eigenvalue weighted by Crippen LogP contribution is -2.36. The lowest BCUT2D eigenvalue weighted by atomic mass is 10.2. The van der Waals surface area contributed by atoms with Crippen molar-refractivity contribution in [3.05, 3.63) is 24.0 Å². The van der Waals surface area contributed by atoms with Gasteiger partial charge in [-0.3, -0.25) is 4.90 Å². The first-order valence-corrected chi connectivity index (χ1v) is 5.61. The highest BCUT2D eigenvalue weighted by molar-refractivity contribution is 5.09. The Kier molecular flexibility index (Phi) is 3.12. The first-order valence-electron chi connectivity index (χ1n) is 5.61. The minimum atomic E-state index is 0.307. The molecule has 1 aliphatic rings. The van der Waals surface area contributed by atoms with E-state index >= 15 is 0 Å². The van der Waals surface area contributed by atoms with Crippen LogP contribution >= 0.6 is 0 Å². The van der Waals surface area contributed by atoms with Gasteiger partial charge in [-0.05, 0) is 26.0 Å². The first-order chi connectivity index (χ1) is 7.20. The summed E-state index contributed by atoms with van der Waals surface area (Å²) < 4.78 is 7.82. The third kappa shape index (κ3) is 2.24. The van der Waals surface area contributed by atoms with Crippen LogP contribution in [0.15, 0.2) is 18.3 Å². The molecule has 0 spiro atoms. The van der Waals surface area contributed by atoms with Gasteiger partial charge in [-0.15, -0.1) is 0 Å². The zero-order valence-corrected chi connectivity index (χ0v) is 9.81. The zero-order chi connectivity index (χ0) is 10.8. The molecule has 1 atom stereocenters. The van der Waals surface area contributed by atoms with Gasteiger partial charge in [0.05, 0.1) is 6.10 Å². The Balaban J connectivity index is 2.21. The predicted octanol–water partition coefficient (Wildman–Crippen LogP) is 1.73. The van der Waals surface area contributed by atoms with Gasteiger partial charge in [0, 0.05) is 44.7 Å². The molecule has 0 aliphatic carbocycles. The molecule has 0 bridgehead atoms. The van der Waals surface area contributed by atoms with Gasteiger partial charge in [-0.1, -0.05) is 0 Å². The van der Waals surface area contributed by atoms with E-state index in [9.17, 15) is 0 Å². The number of hydrogen-bond donors (Lipinski definition) is 0. The van der Waals surface area contributed by atoms with Crippen molar-refractivity contribution in [1.82, 2.24) is 9.47 Å². The molecule has 0 fully saturated rings. The van der Waals surface area contributed by atoms with Crippen LogP contribution in [0.3, 0.4) is 0 Å². The Morgan fingerprint density at radius 3 is 2.87 bits per heavy atom. The van der Waals surface area contributed by atoms with Crippen LogP contribution < -0.4 is 0 Å². The van der Waals surface area contributed by atoms with Gasteiger partial charge in [-0.25, -0.2) is 0 Å². The minimum absolute atomic E-state index is 0.307. The molecular formula is C12H20N2O. The predicted molar refractivity (Wildman–Crippen MR) is 60.8 cm³/mol. The molecule has 1 aromatic rings. The van der Waals surface area contributed by atoms with E-state index in [0.29, 0.717) is 12.1 Å². The second-order valence-corrected chi connectivity index (χ2v) is 4.53. The molecule has 2 rings (SSSR count). The van der Waals surface area contributed by atoms with Crippen LogP contribution in [0.1, 0.15) is 19.5 Å². The number of hydrogen-bond acceptors (Lipinski definition) is 2. The first kappa shape index (κ1) is 10.7. The van der Waals surface area contributed by atoms with Gasteiger partial charge >= 0.3 is 0 Å². The Hall–Kier alpha value is -0.800. The van der Waals surface area contributed by atoms with Crippen molar-refractivity contribution in [2.45, 2.75) is 39.1 Å². The van der Waals surface area contributed by atoms with Gasteiger partial charge in [0.2, 0.25) is 0 Å². The molecule has 2 heterocycles. The lowest BCUT2D eigenvalue weighted by Gasteiger charge is -2.26. The summed E-state index contributed by atoms with van der Waals surface area (Å²) in [6, 6.07) is 4.89. The SMILES string of the molecule is CO[C@H]1CN(C(C)C)Cc2cccn2C1. The monoisotopic (exact) mass is 208 g/mol. The molecule has 3 heteroatoms. The average molecular weight is 208 g/mol. The van der Waals surface area contributed by atoms with E-state index in [1.807, 2.05) is 0 Å². The average Bonchev–Trinajstić information content (AvgIpc) is 2.55. The molecule has 1 aliphatic heterocycles. The lowest BCUT2D eigenvalue weighted by molar-refractivity contribution is 0.0495. The molecule has 0 N–H and O–H groups in total. The highest BCUT2D eigenvalue weighted by Crippen LogP contribution is 2.16. The van der Waals surface area contributed by atoms with E-state index in [-0.39, 0.29) is 0 Å². The van der Waals surface area contributed by atoms with Gasteiger partial charge in [0.1, 0.15) is 0 Å². The van der Waals surface area contributed by atoms with Crippen molar-refractivity contribution in [2.75, 3.05) is 13.7 Å². The highest BCUT2D eigenvalue weighted by atomic mass is 16.5. The third-order valence-corrected chi connectivity index (χ3v) is 3.19. The van der Waals surface area contributed by atoms with Crippen molar-refractivity contribution >= 4 is 0 Å². The van der Waals surface area contributed by atoms with Crippen LogP contribution in [0.4, 0.5) is 0 Å². The van der Waals surface area contributed by atoms with Crippen molar-refractivity contribution in [2.24, 2.45) is 0 Å². The maximum atomic E-state index is 5.52. The van der Waals surface area contributed by atoms with E-state index in [2.05, 4.69) is 41.6 Å². The van der Waals surface area contributed by atoms with Crippen LogP contribution in [0.2, 0.25) is 0 Å². The Bertz CT molecular complexity index is 319. The quantitative estimate of drug-likeness (QED) is 0.736. The summed E-state index contributed by atoms with van der Waals surface area (Å²) in [5, 5.41) is 0. The topological polar surface area (TPSA) is 17.4 Å². The molecule has 0 saturated heterocycles. The molecular weight excluding hydrogens is 188 g/mol. The summed E-state index contributed by atoms with van der Waals surface area (Å²) in [6.07, 6.45) is 2.45. The fraction of sp³-hybridized carbons (Fsp3) is 0.667. The molecule has 3 nitrogen and oxygen atoms in total. The van der Waals surface area contributed by atoms with Crippen LogP contribution in [-0.4, -0.2) is 35.3 Å². The minimum Gasteiger partial charge on any atom is -0.378 e. The largest absolute Gasteiger partial charge is 0.378 e. The van der Waals surface area contributed by atoms with E-state index in [4.69, 9.17) is 4.74 Å². The second-order valence-electron chi connectivity index (χ2n) is 4.53. The van der Waals surface area contributed by atoms with Crippen LogP contribution in [0.5, 0.6) is 0 Å². The second kappa shape index (κ2) is 4.37. The molecule has 1 aromatic heterocycles. The Morgan fingerprint density at radius 2 is 2.20 bits per heavy atom. The van der Waals surface area contributed by atoms with Gasteiger partial charge in [-0.2, -0.15) is 0 Å². The molecule has 0 aromatic carbocycles. The summed E-state index contributed by atoms with van der Waals surface area (Å²) in [7, 11) is 1.80. The Morgan fingerprint density at radius 1 is 1.40 bits per heavy atom. The van der Waals surface area contributed by atoms with Gasteiger partial charge < -0.3 is 9.30 Å². The highest BCUT2D eigenvalue weighted by Gasteiger charge is 2.22. The van der Waals surface area contributed by atoms with Crippen LogP contribution in [-0.2, 0) is 17.8 Å². The van der Waals surface area contributed by atoms with Crippen molar-refractivity contribution in [3.8, 4) is 0 Å². The van der Waals surface area contributed by atoms with E-state index in [1.54, 1.807) is 7.11 Å².